The van der Waals surface area contributed by atoms with Crippen LogP contribution in [-0.4, -0.2) is 19.6 Å². The summed E-state index contributed by atoms with van der Waals surface area (Å²) in [5.41, 5.74) is 5.70. The second-order valence-electron chi connectivity index (χ2n) is 3.79. The minimum absolute atomic E-state index is 0.698. The average Bonchev–Trinajstić information content (AvgIpc) is 2.87. The van der Waals surface area contributed by atoms with Crippen LogP contribution in [0.4, 0.5) is 0 Å². The number of hydrogen-bond acceptors (Lipinski definition) is 2. The Balaban J connectivity index is 1.91. The highest BCUT2D eigenvalue weighted by Gasteiger charge is 2.36. The molecule has 0 aromatic heterocycles. The minimum Gasteiger partial charge on any atom is -0.330 e. The average molecular weight is 153 g/mol. The van der Waals surface area contributed by atoms with Crippen LogP contribution in [0.25, 0.3) is 0 Å². The van der Waals surface area contributed by atoms with Gasteiger partial charge in [0.05, 0.1) is 0 Å². The van der Waals surface area contributed by atoms with E-state index in [4.69, 9.17) is 5.73 Å². The predicted molar refractivity (Wildman–Crippen MR) is 45.9 cm³/mol. The summed E-state index contributed by atoms with van der Waals surface area (Å²) >= 11 is 0. The summed E-state index contributed by atoms with van der Waals surface area (Å²) < 4.78 is 0. The third-order valence-electron chi connectivity index (χ3n) is 2.99. The molecule has 2 fully saturated rings. The summed E-state index contributed by atoms with van der Waals surface area (Å²) in [7, 11) is 0. The van der Waals surface area contributed by atoms with E-state index in [1.165, 1.54) is 19.4 Å². The third-order valence-corrected chi connectivity index (χ3v) is 2.99. The van der Waals surface area contributed by atoms with E-state index in [9.17, 15) is 0 Å². The molecule has 2 unspecified atom stereocenters. The molecule has 0 aromatic carbocycles. The normalized spacial score (nSPS) is 39.0. The first-order valence-electron chi connectivity index (χ1n) is 4.66. The SMILES string of the molecule is NCC1[CH]CNCC1C1CC1. The van der Waals surface area contributed by atoms with E-state index >= 15 is 0 Å². The van der Waals surface area contributed by atoms with Crippen molar-refractivity contribution in [1.29, 1.82) is 0 Å². The van der Waals surface area contributed by atoms with Crippen LogP contribution in [-0.2, 0) is 0 Å². The van der Waals surface area contributed by atoms with Gasteiger partial charge in [-0.05, 0) is 56.7 Å². The Hall–Kier alpha value is -0.0800. The van der Waals surface area contributed by atoms with Crippen LogP contribution < -0.4 is 11.1 Å². The monoisotopic (exact) mass is 153 g/mol. The highest BCUT2D eigenvalue weighted by molar-refractivity contribution is 4.96. The molecule has 1 aliphatic carbocycles. The van der Waals surface area contributed by atoms with Crippen molar-refractivity contribution in [2.45, 2.75) is 12.8 Å². The van der Waals surface area contributed by atoms with Crippen LogP contribution in [0.15, 0.2) is 0 Å². The first-order valence-corrected chi connectivity index (χ1v) is 4.66. The third kappa shape index (κ3) is 1.57. The van der Waals surface area contributed by atoms with Crippen molar-refractivity contribution in [3.05, 3.63) is 6.42 Å². The number of hydrogen-bond donors (Lipinski definition) is 2. The Morgan fingerprint density at radius 2 is 2.27 bits per heavy atom. The van der Waals surface area contributed by atoms with Gasteiger partial charge in [0.15, 0.2) is 0 Å². The van der Waals surface area contributed by atoms with Gasteiger partial charge in [-0.25, -0.2) is 0 Å². The van der Waals surface area contributed by atoms with Gasteiger partial charge < -0.3 is 11.1 Å². The Morgan fingerprint density at radius 3 is 2.91 bits per heavy atom. The molecule has 1 aliphatic heterocycles. The number of piperidine rings is 1. The molecule has 1 saturated heterocycles. The summed E-state index contributed by atoms with van der Waals surface area (Å²) in [4.78, 5) is 0. The number of nitrogens with one attached hydrogen (secondary N) is 1. The molecular weight excluding hydrogens is 136 g/mol. The first-order chi connectivity index (χ1) is 5.42. The van der Waals surface area contributed by atoms with Crippen LogP contribution in [0.3, 0.4) is 0 Å². The lowest BCUT2D eigenvalue weighted by molar-refractivity contribution is 0.286. The molecule has 0 amide bonds. The van der Waals surface area contributed by atoms with Gasteiger partial charge in [0, 0.05) is 0 Å². The molecule has 3 N–H and O–H groups in total. The summed E-state index contributed by atoms with van der Waals surface area (Å²) in [6, 6.07) is 0. The van der Waals surface area contributed by atoms with E-state index in [0.29, 0.717) is 5.92 Å². The van der Waals surface area contributed by atoms with E-state index in [-0.39, 0.29) is 0 Å². The molecule has 63 valence electrons. The van der Waals surface area contributed by atoms with Gasteiger partial charge in [0.25, 0.3) is 0 Å². The predicted octanol–water partition coefficient (Wildman–Crippen LogP) is 0.395. The van der Waals surface area contributed by atoms with Crippen LogP contribution in [0, 0.1) is 24.2 Å². The fourth-order valence-corrected chi connectivity index (χ4v) is 2.12. The van der Waals surface area contributed by atoms with Gasteiger partial charge in [0.2, 0.25) is 0 Å². The highest BCUT2D eigenvalue weighted by atomic mass is 14.9. The summed E-state index contributed by atoms with van der Waals surface area (Å²) in [6.45, 7) is 3.11. The Morgan fingerprint density at radius 1 is 1.45 bits per heavy atom. The van der Waals surface area contributed by atoms with E-state index in [0.717, 1.165) is 24.9 Å². The van der Waals surface area contributed by atoms with E-state index < -0.39 is 0 Å². The van der Waals surface area contributed by atoms with Gasteiger partial charge >= 0.3 is 0 Å². The fourth-order valence-electron chi connectivity index (χ4n) is 2.12. The fraction of sp³-hybridized carbons (Fsp3) is 0.889. The second-order valence-corrected chi connectivity index (χ2v) is 3.79. The van der Waals surface area contributed by atoms with Gasteiger partial charge in [-0.15, -0.1) is 0 Å². The smallest absolute Gasteiger partial charge is 0.00139 e. The molecule has 1 heterocycles. The van der Waals surface area contributed by atoms with Crippen molar-refractivity contribution in [2.24, 2.45) is 23.5 Å². The molecule has 2 aliphatic rings. The second kappa shape index (κ2) is 3.11. The maximum atomic E-state index is 5.70. The van der Waals surface area contributed by atoms with E-state index in [2.05, 4.69) is 11.7 Å². The van der Waals surface area contributed by atoms with Crippen molar-refractivity contribution < 1.29 is 0 Å². The van der Waals surface area contributed by atoms with Crippen LogP contribution >= 0.6 is 0 Å². The summed E-state index contributed by atoms with van der Waals surface area (Å²) in [6.07, 6.45) is 5.24. The lowest BCUT2D eigenvalue weighted by Crippen LogP contribution is -2.41. The summed E-state index contributed by atoms with van der Waals surface area (Å²) in [5.74, 6) is 2.55. The van der Waals surface area contributed by atoms with Crippen molar-refractivity contribution >= 4 is 0 Å². The maximum Gasteiger partial charge on any atom is -0.00139 e. The van der Waals surface area contributed by atoms with E-state index in [1.807, 2.05) is 0 Å². The molecule has 1 saturated carbocycles. The topological polar surface area (TPSA) is 38.0 Å². The summed E-state index contributed by atoms with van der Waals surface area (Å²) in [5, 5.41) is 3.41. The zero-order valence-corrected chi connectivity index (χ0v) is 6.92. The Kier molecular flexibility index (Phi) is 2.14. The van der Waals surface area contributed by atoms with Crippen molar-refractivity contribution in [3.8, 4) is 0 Å². The Labute approximate surface area is 68.5 Å². The van der Waals surface area contributed by atoms with Gasteiger partial charge in [0.1, 0.15) is 0 Å². The molecule has 0 aromatic rings. The zero-order chi connectivity index (χ0) is 7.68. The Bertz CT molecular complexity index is 132. The maximum absolute atomic E-state index is 5.70. The van der Waals surface area contributed by atoms with Gasteiger partial charge in [-0.1, -0.05) is 0 Å². The lowest BCUT2D eigenvalue weighted by Gasteiger charge is -2.31. The van der Waals surface area contributed by atoms with Crippen molar-refractivity contribution in [2.75, 3.05) is 19.6 Å². The molecule has 2 rings (SSSR count). The van der Waals surface area contributed by atoms with Gasteiger partial charge in [-0.3, -0.25) is 0 Å². The molecule has 2 nitrogen and oxygen atoms in total. The van der Waals surface area contributed by atoms with Crippen LogP contribution in [0.5, 0.6) is 0 Å². The molecular formula is C9H17N2. The zero-order valence-electron chi connectivity index (χ0n) is 6.92. The molecule has 0 spiro atoms. The molecule has 2 atom stereocenters. The van der Waals surface area contributed by atoms with Crippen molar-refractivity contribution in [1.82, 2.24) is 5.32 Å². The van der Waals surface area contributed by atoms with Crippen molar-refractivity contribution in [3.63, 3.8) is 0 Å². The van der Waals surface area contributed by atoms with E-state index in [1.54, 1.807) is 0 Å². The number of rotatable bonds is 2. The first kappa shape index (κ1) is 7.56. The number of nitrogens with two attached hydrogens (primary N) is 1. The van der Waals surface area contributed by atoms with Crippen LogP contribution in [0.2, 0.25) is 0 Å². The highest BCUT2D eigenvalue weighted by Crippen LogP contribution is 2.41. The molecule has 1 radical (unpaired) electrons. The molecule has 11 heavy (non-hydrogen) atoms. The molecule has 2 heteroatoms. The largest absolute Gasteiger partial charge is 0.330 e. The lowest BCUT2D eigenvalue weighted by atomic mass is 9.83. The van der Waals surface area contributed by atoms with Gasteiger partial charge in [-0.2, -0.15) is 0 Å². The standard InChI is InChI=1S/C9H17N2/c10-5-8-3-4-11-6-9(8)7-1-2-7/h3,7-9,11H,1-2,4-6,10H2. The molecule has 0 bridgehead atoms. The minimum atomic E-state index is 0.698. The quantitative estimate of drug-likeness (QED) is 0.602. The van der Waals surface area contributed by atoms with Crippen LogP contribution in [0.1, 0.15) is 12.8 Å².